The maximum Gasteiger partial charge on any atom is 0.355 e. The predicted molar refractivity (Wildman–Crippen MR) is 259 cm³/mol. The highest BCUT2D eigenvalue weighted by molar-refractivity contribution is 7.92. The Kier molecular flexibility index (Phi) is 24.2. The summed E-state index contributed by atoms with van der Waals surface area (Å²) in [5, 5.41) is 13.7. The van der Waals surface area contributed by atoms with E-state index >= 15 is 0 Å². The lowest BCUT2D eigenvalue weighted by atomic mass is 10.0. The minimum Gasteiger partial charge on any atom is -0.489 e. The molecule has 5 rings (SSSR count). The molecule has 0 radical (unpaired) electrons. The van der Waals surface area contributed by atoms with Crippen LogP contribution in [0.1, 0.15) is 44.3 Å². The van der Waals surface area contributed by atoms with E-state index in [1.165, 1.54) is 13.0 Å². The summed E-state index contributed by atoms with van der Waals surface area (Å²) in [6.07, 6.45) is 1.18. The van der Waals surface area contributed by atoms with Gasteiger partial charge < -0.3 is 34.2 Å². The first kappa shape index (κ1) is 60.1. The fourth-order valence-corrected chi connectivity index (χ4v) is 8.08. The highest BCUT2D eigenvalue weighted by atomic mass is 35.5. The molecule has 5 N–H and O–H groups in total. The number of methoxy groups -OCH3 is 1. The first-order valence-corrected chi connectivity index (χ1v) is 25.6. The zero-order chi connectivity index (χ0) is 51.8. The second-order valence-corrected chi connectivity index (χ2v) is 20.0. The Morgan fingerprint density at radius 3 is 2.21 bits per heavy atom. The molecule has 0 saturated heterocycles. The molecule has 2 unspecified atom stereocenters. The summed E-state index contributed by atoms with van der Waals surface area (Å²) in [5.41, 5.74) is 2.66. The monoisotopic (exact) mass is 1100 g/mol. The molecule has 1 aromatic heterocycles. The largest absolute Gasteiger partial charge is 0.489 e. The summed E-state index contributed by atoms with van der Waals surface area (Å²) >= 11 is 28.8. The summed E-state index contributed by atoms with van der Waals surface area (Å²) in [5.74, 6) is -1.11. The number of halogens is 7. The summed E-state index contributed by atoms with van der Waals surface area (Å²) in [6.45, 7) is 6.61. The van der Waals surface area contributed by atoms with E-state index in [4.69, 9.17) is 82.4 Å². The third-order valence-corrected chi connectivity index (χ3v) is 11.4. The zero-order valence-corrected chi connectivity index (χ0v) is 43.0. The van der Waals surface area contributed by atoms with Gasteiger partial charge in [-0.3, -0.25) is 29.0 Å². The van der Waals surface area contributed by atoms with Crippen LogP contribution in [0.15, 0.2) is 59.4 Å². The summed E-state index contributed by atoms with van der Waals surface area (Å²) < 4.78 is 72.0. The van der Waals surface area contributed by atoms with Crippen molar-refractivity contribution in [1.82, 2.24) is 19.7 Å². The van der Waals surface area contributed by atoms with E-state index in [0.717, 1.165) is 41.2 Å². The van der Waals surface area contributed by atoms with Crippen LogP contribution in [0.2, 0.25) is 10.0 Å². The molecule has 2 heterocycles. The zero-order valence-electron chi connectivity index (χ0n) is 37.5. The SMILES string of the molecule is CC1COc2ccccc2N1C(=O)C(Cl)Cl.CCc1cccc(C)c1N(C(=O)CCl)C(C)COC.Cc1nn(-c2cc(NS(C)(=O)=O)c(Cl)cc2Cl)c(=O)n1C(F)F.O=C(O)CNCP(=O)(O)O. The van der Waals surface area contributed by atoms with Crippen molar-refractivity contribution >= 4 is 110 Å². The number of carbonyl (C=O) groups is 3. The molecule has 68 heavy (non-hydrogen) atoms. The van der Waals surface area contributed by atoms with E-state index in [2.05, 4.69) is 28.1 Å². The number of nitrogens with zero attached hydrogens (tertiary/aromatic N) is 5. The van der Waals surface area contributed by atoms with Gasteiger partial charge in [0.25, 0.3) is 5.91 Å². The van der Waals surface area contributed by atoms with Crippen molar-refractivity contribution < 1.29 is 60.5 Å². The highest BCUT2D eigenvalue weighted by Crippen LogP contribution is 2.35. The van der Waals surface area contributed by atoms with Crippen LogP contribution < -0.4 is 30.3 Å². The van der Waals surface area contributed by atoms with Crippen LogP contribution in [-0.4, -0.2) is 118 Å². The van der Waals surface area contributed by atoms with E-state index in [1.807, 2.05) is 57.2 Å². The van der Waals surface area contributed by atoms with Crippen LogP contribution >= 0.6 is 65.6 Å². The Balaban J connectivity index is 0.000000323. The van der Waals surface area contributed by atoms with Gasteiger partial charge in [0, 0.05) is 7.11 Å². The lowest BCUT2D eigenvalue weighted by Crippen LogP contribution is -2.47. The number of aliphatic carboxylic acids is 1. The average Bonchev–Trinajstić information content (AvgIpc) is 3.54. The van der Waals surface area contributed by atoms with E-state index in [1.54, 1.807) is 16.9 Å². The number of sulfonamides is 1. The molecule has 1 aliphatic rings. The number of nitrogens with one attached hydrogen (secondary N) is 2. The van der Waals surface area contributed by atoms with E-state index in [9.17, 15) is 40.9 Å². The number of alkyl halides is 5. The fourth-order valence-electron chi connectivity index (χ4n) is 6.21. The molecule has 19 nitrogen and oxygen atoms in total. The number of carboxylic acids is 1. The standard InChI is InChI=1S/C15H22ClNO2.C11H10Cl2F2N4O3S.C11H11Cl2NO2.C3H8NO5P/c1-5-13-8-6-7-11(2)15(13)17(14(18)9-16)12(3)10-19-4;1-5-16-19(11(20)18(5)10(14)15)9-4-8(17-23(2,21)22)6(12)3-7(9)13;1-7-6-16-9-5-3-2-4-8(9)14(7)11(15)10(12)13;5-3(6)1-4-2-10(7,8)9/h6-8,12H,5,9-10H2,1-4H3;3-4,10,17H,1-2H3;2-5,7,10H,6H2,1H3;4H,1-2H2,(H,5,6)(H2,7,8,9). The van der Waals surface area contributed by atoms with Gasteiger partial charge in [-0.1, -0.05) is 83.7 Å². The van der Waals surface area contributed by atoms with Crippen molar-refractivity contribution in [2.24, 2.45) is 0 Å². The second-order valence-electron chi connectivity index (χ2n) is 14.5. The lowest BCUT2D eigenvalue weighted by molar-refractivity contribution is -0.135. The van der Waals surface area contributed by atoms with Crippen molar-refractivity contribution in [1.29, 1.82) is 0 Å². The van der Waals surface area contributed by atoms with Gasteiger partial charge in [0.1, 0.15) is 24.1 Å². The van der Waals surface area contributed by atoms with Gasteiger partial charge >= 0.3 is 25.8 Å². The number of aromatic nitrogens is 3. The molecule has 3 aromatic carbocycles. The van der Waals surface area contributed by atoms with Crippen molar-refractivity contribution in [3.63, 3.8) is 0 Å². The number of amides is 2. The third-order valence-electron chi connectivity index (χ3n) is 8.97. The Labute approximate surface area is 416 Å². The maximum atomic E-state index is 12.8. The average molecular weight is 1100 g/mol. The number of para-hydroxylation sites is 3. The highest BCUT2D eigenvalue weighted by Gasteiger charge is 2.32. The van der Waals surface area contributed by atoms with Crippen molar-refractivity contribution in [3.8, 4) is 11.4 Å². The van der Waals surface area contributed by atoms with Crippen LogP contribution in [0.5, 0.6) is 5.75 Å². The number of benzene rings is 3. The van der Waals surface area contributed by atoms with E-state index < -0.39 is 53.5 Å². The number of ether oxygens (including phenoxy) is 2. The number of hydrogen-bond acceptors (Lipinski definition) is 11. The van der Waals surface area contributed by atoms with Gasteiger partial charge in [-0.25, -0.2) is 17.8 Å². The van der Waals surface area contributed by atoms with Crippen LogP contribution in [0.3, 0.4) is 0 Å². The third kappa shape index (κ3) is 18.0. The van der Waals surface area contributed by atoms with Crippen LogP contribution in [0.4, 0.5) is 25.8 Å². The van der Waals surface area contributed by atoms with Gasteiger partial charge in [-0.2, -0.15) is 13.5 Å². The minimum atomic E-state index is -4.10. The first-order valence-electron chi connectivity index (χ1n) is 19.8. The first-order chi connectivity index (χ1) is 31.6. The maximum absolute atomic E-state index is 12.8. The van der Waals surface area contributed by atoms with Crippen molar-refractivity contribution in [2.75, 3.05) is 59.8 Å². The topological polar surface area (TPSA) is 252 Å². The van der Waals surface area contributed by atoms with Crippen LogP contribution in [0.25, 0.3) is 5.69 Å². The van der Waals surface area contributed by atoms with Crippen LogP contribution in [0, 0.1) is 13.8 Å². The molecule has 4 aromatic rings. The number of anilines is 3. The number of aryl methyl sites for hydroxylation is 3. The minimum absolute atomic E-state index is 0.0223. The number of carboxylic acid groups (broad SMARTS) is 1. The van der Waals surface area contributed by atoms with Gasteiger partial charge in [-0.15, -0.1) is 16.7 Å². The van der Waals surface area contributed by atoms with Gasteiger partial charge in [0.05, 0.1) is 70.6 Å². The molecule has 0 aliphatic carbocycles. The van der Waals surface area contributed by atoms with Crippen LogP contribution in [-0.2, 0) is 40.1 Å². The van der Waals surface area contributed by atoms with E-state index in [0.29, 0.717) is 23.6 Å². The Hall–Kier alpha value is -4.06. The quantitative estimate of drug-likeness (QED) is 0.0595. The lowest BCUT2D eigenvalue weighted by Gasteiger charge is -2.35. The smallest absolute Gasteiger partial charge is 0.355 e. The number of hydrogen-bond donors (Lipinski definition) is 5. The van der Waals surface area contributed by atoms with Crippen molar-refractivity contribution in [3.05, 3.63) is 92.1 Å². The Morgan fingerprint density at radius 2 is 1.69 bits per heavy atom. The van der Waals surface area contributed by atoms with Crippen molar-refractivity contribution in [2.45, 2.75) is 64.5 Å². The summed E-state index contributed by atoms with van der Waals surface area (Å²) in [7, 11) is -6.11. The number of fused-ring (bicyclic) bond motifs is 1. The second kappa shape index (κ2) is 27.4. The molecule has 0 saturated carbocycles. The Morgan fingerprint density at radius 1 is 1.06 bits per heavy atom. The van der Waals surface area contributed by atoms with Gasteiger partial charge in [0.15, 0.2) is 4.84 Å². The predicted octanol–water partition coefficient (Wildman–Crippen LogP) is 6.98. The van der Waals surface area contributed by atoms with Gasteiger partial charge in [-0.05, 0) is 69.5 Å². The molecule has 28 heteroatoms. The number of rotatable bonds is 15. The molecular weight excluding hydrogens is 1050 g/mol. The fraction of sp³-hybridized carbons (Fsp3) is 0.425. The number of carbonyl (C=O) groups excluding carboxylic acids is 2. The summed E-state index contributed by atoms with van der Waals surface area (Å²) in [6, 6.07) is 15.6. The van der Waals surface area contributed by atoms with Gasteiger partial charge in [0.2, 0.25) is 15.9 Å². The molecule has 2 atom stereocenters. The normalized spacial score (nSPS) is 13.7. The molecular formula is C40H51Cl5F2N7O12PS. The molecule has 0 spiro atoms. The van der Waals surface area contributed by atoms with E-state index in [-0.39, 0.29) is 61.6 Å². The molecule has 0 fully saturated rings. The molecule has 0 bridgehead atoms. The molecule has 2 amide bonds. The molecule has 1 aliphatic heterocycles. The molecule has 378 valence electrons. The summed E-state index contributed by atoms with van der Waals surface area (Å²) in [4.78, 5) is 64.5. The Bertz CT molecular complexity index is 2590.